The van der Waals surface area contributed by atoms with E-state index in [1.807, 2.05) is 36.4 Å². The molecule has 1 heterocycles. The van der Waals surface area contributed by atoms with E-state index < -0.39 is 0 Å². The van der Waals surface area contributed by atoms with Crippen LogP contribution in [-0.4, -0.2) is 4.98 Å². The highest BCUT2D eigenvalue weighted by Gasteiger charge is 2.23. The summed E-state index contributed by atoms with van der Waals surface area (Å²) in [5.74, 6) is 0.501. The van der Waals surface area contributed by atoms with Gasteiger partial charge in [0.05, 0.1) is 10.9 Å². The highest BCUT2D eigenvalue weighted by Crippen LogP contribution is 2.36. The van der Waals surface area contributed by atoms with Crippen LogP contribution >= 0.6 is 23.2 Å². The molecule has 0 bridgehead atoms. The van der Waals surface area contributed by atoms with Crippen LogP contribution in [0.4, 0.5) is 0 Å². The molecule has 0 spiro atoms. The number of oxazole rings is 1. The van der Waals surface area contributed by atoms with Crippen LogP contribution < -0.4 is 0 Å². The summed E-state index contributed by atoms with van der Waals surface area (Å²) in [6.45, 7) is 0. The van der Waals surface area contributed by atoms with E-state index in [0.29, 0.717) is 27.0 Å². The van der Waals surface area contributed by atoms with Crippen molar-refractivity contribution in [3.63, 3.8) is 0 Å². The Labute approximate surface area is 149 Å². The number of rotatable bonds is 3. The summed E-state index contributed by atoms with van der Waals surface area (Å²) in [5, 5.41) is 1.01. The quantitative estimate of drug-likeness (QED) is 0.431. The summed E-state index contributed by atoms with van der Waals surface area (Å²) < 4.78 is 6.02. The zero-order valence-corrected chi connectivity index (χ0v) is 14.1. The number of nitrogens with zero attached hydrogens (tertiary/aromatic N) is 1. The van der Waals surface area contributed by atoms with Crippen molar-refractivity contribution in [3.05, 3.63) is 99.9 Å². The van der Waals surface area contributed by atoms with E-state index >= 15 is 0 Å². The Hall–Kier alpha value is -2.29. The van der Waals surface area contributed by atoms with Crippen molar-refractivity contribution in [1.29, 1.82) is 0 Å². The van der Waals surface area contributed by atoms with Crippen molar-refractivity contribution < 1.29 is 4.42 Å². The Bertz CT molecular complexity index is 941. The molecule has 1 aromatic heterocycles. The molecule has 0 amide bonds. The summed E-state index contributed by atoms with van der Waals surface area (Å²) >= 11 is 12.3. The second kappa shape index (κ2) is 6.31. The van der Waals surface area contributed by atoms with Gasteiger partial charge in [-0.25, -0.2) is 4.98 Å². The Morgan fingerprint density at radius 1 is 0.792 bits per heavy atom. The van der Waals surface area contributed by atoms with Gasteiger partial charge in [-0.3, -0.25) is 0 Å². The van der Waals surface area contributed by atoms with Gasteiger partial charge in [0, 0.05) is 5.02 Å². The van der Waals surface area contributed by atoms with Gasteiger partial charge < -0.3 is 4.42 Å². The number of fused-ring (bicyclic) bond motifs is 1. The minimum atomic E-state index is -0.102. The van der Waals surface area contributed by atoms with Crippen LogP contribution in [0.15, 0.2) is 77.2 Å². The highest BCUT2D eigenvalue weighted by atomic mass is 35.5. The maximum absolute atomic E-state index is 6.25. The van der Waals surface area contributed by atoms with Gasteiger partial charge in [0.15, 0.2) is 5.58 Å². The lowest BCUT2D eigenvalue weighted by atomic mass is 9.91. The van der Waals surface area contributed by atoms with Gasteiger partial charge in [0.25, 0.3) is 0 Å². The Morgan fingerprint density at radius 3 is 1.96 bits per heavy atom. The summed E-state index contributed by atoms with van der Waals surface area (Å²) in [5.41, 5.74) is 3.45. The summed E-state index contributed by atoms with van der Waals surface area (Å²) in [6.07, 6.45) is 0. The van der Waals surface area contributed by atoms with Gasteiger partial charge in [-0.15, -0.1) is 0 Å². The van der Waals surface area contributed by atoms with Crippen molar-refractivity contribution in [2.75, 3.05) is 0 Å². The molecule has 4 aromatic rings. The largest absolute Gasteiger partial charge is 0.438 e. The van der Waals surface area contributed by atoms with Gasteiger partial charge in [0.1, 0.15) is 5.52 Å². The lowest BCUT2D eigenvalue weighted by Crippen LogP contribution is -2.03. The molecule has 0 aliphatic carbocycles. The smallest absolute Gasteiger partial charge is 0.207 e. The molecule has 24 heavy (non-hydrogen) atoms. The number of halogens is 2. The minimum absolute atomic E-state index is 0.102. The van der Waals surface area contributed by atoms with Gasteiger partial charge in [-0.1, -0.05) is 83.9 Å². The summed E-state index contributed by atoms with van der Waals surface area (Å²) in [7, 11) is 0. The minimum Gasteiger partial charge on any atom is -0.438 e. The Kier molecular flexibility index (Phi) is 4.01. The molecular weight excluding hydrogens is 341 g/mol. The first-order valence-corrected chi connectivity index (χ1v) is 8.33. The summed E-state index contributed by atoms with van der Waals surface area (Å²) in [4.78, 5) is 4.65. The van der Waals surface area contributed by atoms with Crippen LogP contribution in [0.2, 0.25) is 10.0 Å². The van der Waals surface area contributed by atoms with E-state index in [-0.39, 0.29) is 5.92 Å². The van der Waals surface area contributed by atoms with Crippen molar-refractivity contribution in [2.24, 2.45) is 0 Å². The van der Waals surface area contributed by atoms with Crippen LogP contribution in [0.25, 0.3) is 11.1 Å². The average Bonchev–Trinajstić information content (AvgIpc) is 3.01. The monoisotopic (exact) mass is 353 g/mol. The number of benzene rings is 3. The molecule has 0 aliphatic rings. The van der Waals surface area contributed by atoms with Crippen molar-refractivity contribution in [1.82, 2.24) is 4.98 Å². The molecule has 4 heteroatoms. The highest BCUT2D eigenvalue weighted by molar-refractivity contribution is 6.37. The number of aromatic nitrogens is 1. The third kappa shape index (κ3) is 2.79. The van der Waals surface area contributed by atoms with Crippen molar-refractivity contribution in [2.45, 2.75) is 5.92 Å². The molecule has 0 saturated heterocycles. The molecule has 0 saturated carbocycles. The molecule has 2 nitrogen and oxygen atoms in total. The number of hydrogen-bond donors (Lipinski definition) is 0. The van der Waals surface area contributed by atoms with E-state index in [2.05, 4.69) is 29.2 Å². The Balaban J connectivity index is 1.93. The van der Waals surface area contributed by atoms with E-state index in [4.69, 9.17) is 27.6 Å². The molecule has 0 N–H and O–H groups in total. The van der Waals surface area contributed by atoms with Gasteiger partial charge in [0.2, 0.25) is 5.89 Å². The normalized spacial score (nSPS) is 11.3. The van der Waals surface area contributed by atoms with Gasteiger partial charge in [-0.2, -0.15) is 0 Å². The second-order valence-corrected chi connectivity index (χ2v) is 6.39. The second-order valence-electron chi connectivity index (χ2n) is 5.54. The van der Waals surface area contributed by atoms with E-state index in [9.17, 15) is 0 Å². The zero-order chi connectivity index (χ0) is 16.5. The first-order chi connectivity index (χ1) is 11.7. The topological polar surface area (TPSA) is 26.0 Å². The van der Waals surface area contributed by atoms with Crippen LogP contribution in [-0.2, 0) is 0 Å². The van der Waals surface area contributed by atoms with Crippen LogP contribution in [0.5, 0.6) is 0 Å². The third-order valence-corrected chi connectivity index (χ3v) is 4.44. The molecule has 0 unspecified atom stereocenters. The third-order valence-electron chi connectivity index (χ3n) is 3.94. The fraction of sp³-hybridized carbons (Fsp3) is 0.0500. The fourth-order valence-electron chi connectivity index (χ4n) is 2.87. The predicted octanol–water partition coefficient (Wildman–Crippen LogP) is 6.31. The SMILES string of the molecule is Clc1cc(Cl)c2oc(C(c3ccccc3)c3ccccc3)nc2c1. The fourth-order valence-corrected chi connectivity index (χ4v) is 3.39. The molecule has 118 valence electrons. The van der Waals surface area contributed by atoms with Crippen molar-refractivity contribution >= 4 is 34.3 Å². The Morgan fingerprint density at radius 2 is 1.38 bits per heavy atom. The van der Waals surface area contributed by atoms with Gasteiger partial charge in [-0.05, 0) is 23.3 Å². The molecule has 4 rings (SSSR count). The zero-order valence-electron chi connectivity index (χ0n) is 12.6. The standard InChI is InChI=1S/C20H13Cl2NO/c21-15-11-16(22)19-17(12-15)23-20(24-19)18(13-7-3-1-4-8-13)14-9-5-2-6-10-14/h1-12,18H. The van der Waals surface area contributed by atoms with E-state index in [1.54, 1.807) is 12.1 Å². The lowest BCUT2D eigenvalue weighted by molar-refractivity contribution is 0.522. The van der Waals surface area contributed by atoms with Crippen LogP contribution in [0, 0.1) is 0 Å². The van der Waals surface area contributed by atoms with E-state index in [0.717, 1.165) is 11.1 Å². The van der Waals surface area contributed by atoms with Crippen LogP contribution in [0.3, 0.4) is 0 Å². The average molecular weight is 354 g/mol. The van der Waals surface area contributed by atoms with Crippen LogP contribution in [0.1, 0.15) is 22.9 Å². The number of hydrogen-bond acceptors (Lipinski definition) is 2. The maximum atomic E-state index is 6.25. The van der Waals surface area contributed by atoms with Gasteiger partial charge >= 0.3 is 0 Å². The first kappa shape index (κ1) is 15.3. The first-order valence-electron chi connectivity index (χ1n) is 7.58. The van der Waals surface area contributed by atoms with Crippen molar-refractivity contribution in [3.8, 4) is 0 Å². The molecule has 0 radical (unpaired) electrons. The molecule has 0 atom stereocenters. The lowest BCUT2D eigenvalue weighted by Gasteiger charge is -2.14. The molecule has 0 aliphatic heterocycles. The molecule has 0 fully saturated rings. The maximum Gasteiger partial charge on any atom is 0.207 e. The van der Waals surface area contributed by atoms with E-state index in [1.165, 1.54) is 0 Å². The predicted molar refractivity (Wildman–Crippen MR) is 97.9 cm³/mol. The summed E-state index contributed by atoms with van der Waals surface area (Å²) in [6, 6.07) is 23.8. The molecule has 3 aromatic carbocycles. The molecular formula is C20H13Cl2NO.